The van der Waals surface area contributed by atoms with Crippen LogP contribution in [0.4, 0.5) is 0 Å². The summed E-state index contributed by atoms with van der Waals surface area (Å²) in [5.41, 5.74) is 8.74. The van der Waals surface area contributed by atoms with Crippen molar-refractivity contribution in [3.8, 4) is 0 Å². The summed E-state index contributed by atoms with van der Waals surface area (Å²) in [5.74, 6) is 0. The van der Waals surface area contributed by atoms with E-state index < -0.39 is 0 Å². The topological polar surface area (TPSA) is 26.0 Å². The van der Waals surface area contributed by atoms with Crippen LogP contribution in [0.15, 0.2) is 57.5 Å². The average Bonchev–Trinajstić information content (AvgIpc) is 2.46. The molecule has 0 amide bonds. The van der Waals surface area contributed by atoms with Crippen molar-refractivity contribution in [1.82, 2.24) is 0 Å². The number of nitrogens with zero attached hydrogens (tertiary/aromatic N) is 1. The van der Waals surface area contributed by atoms with E-state index in [1.807, 2.05) is 0 Å². The first-order chi connectivity index (χ1) is 10.4. The van der Waals surface area contributed by atoms with Gasteiger partial charge in [-0.1, -0.05) is 56.1 Å². The molecule has 1 unspecified atom stereocenters. The molecule has 2 N–H and O–H groups in total. The third kappa shape index (κ3) is 4.66. The van der Waals surface area contributed by atoms with Crippen LogP contribution in [0.5, 0.6) is 0 Å². The van der Waals surface area contributed by atoms with Gasteiger partial charge in [0.2, 0.25) is 0 Å². The summed E-state index contributed by atoms with van der Waals surface area (Å²) >= 11 is 7.10. The van der Waals surface area contributed by atoms with Crippen LogP contribution >= 0.6 is 31.9 Å². The van der Waals surface area contributed by atoms with Crippen LogP contribution in [-0.4, -0.2) is 31.7 Å². The molecule has 0 aliphatic heterocycles. The van der Waals surface area contributed by atoms with Gasteiger partial charge in [0.05, 0.1) is 20.6 Å². The molecule has 4 heteroatoms. The minimum absolute atomic E-state index is 0.296. The summed E-state index contributed by atoms with van der Waals surface area (Å²) in [6, 6.07) is 17.3. The SMILES string of the molecule is C[N+](C)(CCc1cccc(Br)c1)C(CN)c1cccc(Br)c1. The lowest BCUT2D eigenvalue weighted by atomic mass is 10.0. The Kier molecular flexibility index (Phi) is 6.21. The third-order valence-corrected chi connectivity index (χ3v) is 5.15. The number of benzene rings is 2. The predicted octanol–water partition coefficient (Wildman–Crippen LogP) is 4.53. The molecule has 118 valence electrons. The Morgan fingerprint density at radius 2 is 1.64 bits per heavy atom. The number of quaternary nitrogens is 1. The van der Waals surface area contributed by atoms with Crippen molar-refractivity contribution in [3.05, 3.63) is 68.6 Å². The summed E-state index contributed by atoms with van der Waals surface area (Å²) < 4.78 is 3.12. The molecule has 0 heterocycles. The number of halogens is 2. The zero-order chi connectivity index (χ0) is 16.2. The molecular weight excluding hydrogens is 404 g/mol. The monoisotopic (exact) mass is 425 g/mol. The van der Waals surface area contributed by atoms with Crippen LogP contribution in [0.1, 0.15) is 17.2 Å². The maximum atomic E-state index is 6.10. The van der Waals surface area contributed by atoms with Crippen LogP contribution in [-0.2, 0) is 6.42 Å². The second kappa shape index (κ2) is 7.73. The molecule has 0 radical (unpaired) electrons. The lowest BCUT2D eigenvalue weighted by molar-refractivity contribution is -0.919. The fraction of sp³-hybridized carbons (Fsp3) is 0.333. The van der Waals surface area contributed by atoms with Crippen molar-refractivity contribution < 1.29 is 4.48 Å². The van der Waals surface area contributed by atoms with Gasteiger partial charge in [-0.15, -0.1) is 0 Å². The highest BCUT2D eigenvalue weighted by Gasteiger charge is 2.28. The van der Waals surface area contributed by atoms with Gasteiger partial charge in [0.1, 0.15) is 6.04 Å². The first kappa shape index (κ1) is 17.7. The summed E-state index contributed by atoms with van der Waals surface area (Å²) in [4.78, 5) is 0. The molecule has 0 aliphatic rings. The Hall–Kier alpha value is -0.680. The van der Waals surface area contributed by atoms with Gasteiger partial charge < -0.3 is 10.2 Å². The quantitative estimate of drug-likeness (QED) is 0.674. The van der Waals surface area contributed by atoms with E-state index in [0.29, 0.717) is 12.6 Å². The van der Waals surface area contributed by atoms with Gasteiger partial charge in [-0.3, -0.25) is 0 Å². The molecule has 2 nitrogen and oxygen atoms in total. The average molecular weight is 427 g/mol. The lowest BCUT2D eigenvalue weighted by Crippen LogP contribution is -2.47. The highest BCUT2D eigenvalue weighted by atomic mass is 79.9. The van der Waals surface area contributed by atoms with E-state index in [0.717, 1.165) is 26.4 Å². The normalized spacial score (nSPS) is 13.1. The van der Waals surface area contributed by atoms with E-state index in [1.165, 1.54) is 11.1 Å². The molecule has 0 bridgehead atoms. The first-order valence-electron chi connectivity index (χ1n) is 7.45. The maximum absolute atomic E-state index is 6.10. The van der Waals surface area contributed by atoms with Gasteiger partial charge in [-0.2, -0.15) is 0 Å². The molecule has 22 heavy (non-hydrogen) atoms. The van der Waals surface area contributed by atoms with Crippen molar-refractivity contribution in [2.45, 2.75) is 12.5 Å². The first-order valence-corrected chi connectivity index (χ1v) is 9.03. The van der Waals surface area contributed by atoms with Gasteiger partial charge in [-0.05, 0) is 29.8 Å². The van der Waals surface area contributed by atoms with Crippen molar-refractivity contribution >= 4 is 31.9 Å². The van der Waals surface area contributed by atoms with Gasteiger partial charge in [0.15, 0.2) is 0 Å². The molecule has 1 atom stereocenters. The zero-order valence-corrected chi connectivity index (χ0v) is 16.3. The number of hydrogen-bond acceptors (Lipinski definition) is 1. The molecule has 0 saturated carbocycles. The predicted molar refractivity (Wildman–Crippen MR) is 101 cm³/mol. The van der Waals surface area contributed by atoms with Crippen molar-refractivity contribution in [1.29, 1.82) is 0 Å². The smallest absolute Gasteiger partial charge is 0.127 e. The maximum Gasteiger partial charge on any atom is 0.127 e. The molecule has 2 aromatic rings. The van der Waals surface area contributed by atoms with E-state index >= 15 is 0 Å². The van der Waals surface area contributed by atoms with Crippen LogP contribution in [0.2, 0.25) is 0 Å². The largest absolute Gasteiger partial charge is 0.325 e. The Morgan fingerprint density at radius 3 is 2.23 bits per heavy atom. The summed E-state index contributed by atoms with van der Waals surface area (Å²) in [5, 5.41) is 0. The number of rotatable bonds is 6. The minimum Gasteiger partial charge on any atom is -0.325 e. The van der Waals surface area contributed by atoms with Crippen LogP contribution in [0.25, 0.3) is 0 Å². The van der Waals surface area contributed by atoms with E-state index in [-0.39, 0.29) is 0 Å². The van der Waals surface area contributed by atoms with Gasteiger partial charge in [0.25, 0.3) is 0 Å². The molecular formula is C18H23Br2N2+. The molecule has 2 rings (SSSR count). The third-order valence-electron chi connectivity index (χ3n) is 4.17. The van der Waals surface area contributed by atoms with Gasteiger partial charge in [0, 0.05) is 27.5 Å². The second-order valence-corrected chi connectivity index (χ2v) is 8.02. The van der Waals surface area contributed by atoms with Crippen LogP contribution in [0.3, 0.4) is 0 Å². The summed E-state index contributed by atoms with van der Waals surface area (Å²) in [6.45, 7) is 1.69. The molecule has 0 saturated heterocycles. The number of hydrogen-bond donors (Lipinski definition) is 1. The van der Waals surface area contributed by atoms with E-state index in [9.17, 15) is 0 Å². The van der Waals surface area contributed by atoms with Crippen molar-refractivity contribution in [2.75, 3.05) is 27.2 Å². The standard InChI is InChI=1S/C18H23Br2N2/c1-22(2,10-9-14-5-3-7-16(19)11-14)18(13-21)15-6-4-8-17(20)12-15/h3-8,11-12,18H,9-10,13,21H2,1-2H3/q+1. The molecule has 0 spiro atoms. The van der Waals surface area contributed by atoms with E-state index in [2.05, 4.69) is 94.5 Å². The van der Waals surface area contributed by atoms with Crippen molar-refractivity contribution in [3.63, 3.8) is 0 Å². The summed E-state index contributed by atoms with van der Waals surface area (Å²) in [6.07, 6.45) is 1.04. The van der Waals surface area contributed by atoms with Crippen molar-refractivity contribution in [2.24, 2.45) is 5.73 Å². The second-order valence-electron chi connectivity index (χ2n) is 6.19. The highest BCUT2D eigenvalue weighted by molar-refractivity contribution is 9.10. The number of likely N-dealkylation sites (N-methyl/N-ethyl adjacent to an activating group) is 1. The molecule has 2 aromatic carbocycles. The highest BCUT2D eigenvalue weighted by Crippen LogP contribution is 2.27. The van der Waals surface area contributed by atoms with E-state index in [4.69, 9.17) is 5.73 Å². The molecule has 0 aromatic heterocycles. The number of nitrogens with two attached hydrogens (primary N) is 1. The van der Waals surface area contributed by atoms with Gasteiger partial charge in [-0.25, -0.2) is 0 Å². The summed E-state index contributed by atoms with van der Waals surface area (Å²) in [7, 11) is 4.52. The zero-order valence-electron chi connectivity index (χ0n) is 13.1. The molecule has 0 fully saturated rings. The van der Waals surface area contributed by atoms with Crippen LogP contribution in [0, 0.1) is 0 Å². The Bertz CT molecular complexity index is 626. The Labute approximate surface area is 150 Å². The lowest BCUT2D eigenvalue weighted by Gasteiger charge is -2.38. The fourth-order valence-electron chi connectivity index (χ4n) is 2.80. The van der Waals surface area contributed by atoms with E-state index in [1.54, 1.807) is 0 Å². The van der Waals surface area contributed by atoms with Gasteiger partial charge >= 0.3 is 0 Å². The fourth-order valence-corrected chi connectivity index (χ4v) is 3.67. The van der Waals surface area contributed by atoms with Crippen LogP contribution < -0.4 is 5.73 Å². The molecule has 0 aliphatic carbocycles. The minimum atomic E-state index is 0.296. The Balaban J connectivity index is 2.13. The Morgan fingerprint density at radius 1 is 1.00 bits per heavy atom.